The van der Waals surface area contributed by atoms with Crippen LogP contribution in [0.25, 0.3) is 0 Å². The van der Waals surface area contributed by atoms with Gasteiger partial charge in [0.1, 0.15) is 17.2 Å². The van der Waals surface area contributed by atoms with Gasteiger partial charge in [0, 0.05) is 11.6 Å². The van der Waals surface area contributed by atoms with Crippen LogP contribution >= 0.6 is 22.9 Å². The molecule has 0 aliphatic carbocycles. The van der Waals surface area contributed by atoms with Gasteiger partial charge in [-0.3, -0.25) is 9.78 Å². The molecular weight excluding hydrogens is 363 g/mol. The van der Waals surface area contributed by atoms with Crippen molar-refractivity contribution in [2.75, 3.05) is 19.7 Å². The summed E-state index contributed by atoms with van der Waals surface area (Å²) in [5.74, 6) is 0.764. The van der Waals surface area contributed by atoms with Gasteiger partial charge in [0.15, 0.2) is 0 Å². The molecule has 0 bridgehead atoms. The van der Waals surface area contributed by atoms with Crippen molar-refractivity contribution >= 4 is 28.8 Å². The van der Waals surface area contributed by atoms with Gasteiger partial charge in [-0.15, -0.1) is 11.3 Å². The first-order valence-electron chi connectivity index (χ1n) is 8.47. The largest absolute Gasteiger partial charge is 1.00 e. The molecule has 0 aliphatic heterocycles. The van der Waals surface area contributed by atoms with Gasteiger partial charge < -0.3 is 16.6 Å². The number of carbonyl (C=O) groups is 1. The Labute approximate surface area is 178 Å². The molecule has 0 N–H and O–H groups in total. The Hall–Kier alpha value is -0.993. The number of aromatic nitrogens is 1. The van der Waals surface area contributed by atoms with Crippen molar-refractivity contribution in [1.82, 2.24) is 9.88 Å². The fourth-order valence-electron chi connectivity index (χ4n) is 1.87. The predicted molar refractivity (Wildman–Crippen MR) is 106 cm³/mol. The number of halogens is 1. The van der Waals surface area contributed by atoms with Crippen LogP contribution in [0, 0.1) is 6.92 Å². The Balaban J connectivity index is 0.00000113. The third-order valence-electron chi connectivity index (χ3n) is 3.22. The standard InChI is InChI=1S/C15H17ClN2O2S.C4H9.Li/c1-2-7-18(15(19)14-10-17-11-21-14)8-9-20-13-5-3-12(16)4-6-13;1-3-4-2;/h3-6,10-11H,2,7-9H2,1H3;1,3-4H2,2H3;/q;-1;+1. The van der Waals surface area contributed by atoms with E-state index in [2.05, 4.69) is 18.8 Å². The average molecular weight is 389 g/mol. The number of unbranched alkanes of at least 4 members (excludes halogenated alkanes) is 1. The number of carbonyl (C=O) groups excluding carboxylic acids is 1. The molecule has 1 amide bonds. The van der Waals surface area contributed by atoms with Crippen LogP contribution in [0.1, 0.15) is 42.8 Å². The van der Waals surface area contributed by atoms with Crippen LogP contribution in [0.4, 0.5) is 0 Å². The molecule has 0 fully saturated rings. The number of hydrogen-bond donors (Lipinski definition) is 0. The van der Waals surface area contributed by atoms with Crippen molar-refractivity contribution in [2.45, 2.75) is 33.1 Å². The normalized spacial score (nSPS) is 9.54. The minimum atomic E-state index is 0. The van der Waals surface area contributed by atoms with Crippen LogP contribution < -0.4 is 23.6 Å². The summed E-state index contributed by atoms with van der Waals surface area (Å²) in [5.41, 5.74) is 1.67. The van der Waals surface area contributed by atoms with Gasteiger partial charge in [0.25, 0.3) is 5.91 Å². The van der Waals surface area contributed by atoms with Gasteiger partial charge in [-0.05, 0) is 30.7 Å². The molecule has 0 saturated carbocycles. The van der Waals surface area contributed by atoms with Crippen molar-refractivity contribution in [3.05, 3.63) is 52.8 Å². The monoisotopic (exact) mass is 388 g/mol. The summed E-state index contributed by atoms with van der Waals surface area (Å²) in [6.07, 6.45) is 4.79. The van der Waals surface area contributed by atoms with E-state index in [4.69, 9.17) is 16.3 Å². The van der Waals surface area contributed by atoms with Gasteiger partial charge in [-0.1, -0.05) is 31.9 Å². The molecule has 1 aromatic heterocycles. The fraction of sp³-hybridized carbons (Fsp3) is 0.421. The van der Waals surface area contributed by atoms with Crippen LogP contribution in [-0.4, -0.2) is 35.5 Å². The van der Waals surface area contributed by atoms with E-state index in [0.717, 1.165) is 18.6 Å². The molecule has 7 heteroatoms. The minimum absolute atomic E-state index is 0. The summed E-state index contributed by atoms with van der Waals surface area (Å²) >= 11 is 7.18. The molecule has 138 valence electrons. The van der Waals surface area contributed by atoms with E-state index >= 15 is 0 Å². The van der Waals surface area contributed by atoms with E-state index in [-0.39, 0.29) is 24.8 Å². The van der Waals surface area contributed by atoms with E-state index < -0.39 is 0 Å². The molecule has 2 aromatic rings. The zero-order valence-corrected chi connectivity index (χ0v) is 17.5. The topological polar surface area (TPSA) is 42.4 Å². The average Bonchev–Trinajstić information content (AvgIpc) is 3.17. The van der Waals surface area contributed by atoms with Gasteiger partial charge in [-0.2, -0.15) is 6.42 Å². The number of rotatable bonds is 8. The molecule has 26 heavy (non-hydrogen) atoms. The molecule has 0 atom stereocenters. The van der Waals surface area contributed by atoms with Crippen molar-refractivity contribution in [2.24, 2.45) is 0 Å². The second-order valence-corrected chi connectivity index (χ2v) is 6.64. The third-order valence-corrected chi connectivity index (χ3v) is 4.23. The molecule has 0 unspecified atom stereocenters. The Morgan fingerprint density at radius 1 is 1.23 bits per heavy atom. The van der Waals surface area contributed by atoms with Crippen LogP contribution in [0.15, 0.2) is 36.0 Å². The van der Waals surface area contributed by atoms with Crippen molar-refractivity contribution < 1.29 is 28.4 Å². The molecule has 4 nitrogen and oxygen atoms in total. The van der Waals surface area contributed by atoms with Crippen LogP contribution in [0.3, 0.4) is 0 Å². The number of thiazole rings is 1. The Bertz CT molecular complexity index is 592. The van der Waals surface area contributed by atoms with Gasteiger partial charge in [0.05, 0.1) is 18.3 Å². The van der Waals surface area contributed by atoms with Crippen LogP contribution in [0.5, 0.6) is 5.75 Å². The van der Waals surface area contributed by atoms with E-state index in [1.165, 1.54) is 17.8 Å². The van der Waals surface area contributed by atoms with E-state index in [1.807, 2.05) is 19.1 Å². The molecular formula is C19H26ClLiN2O2S. The number of benzene rings is 1. The molecule has 1 aromatic carbocycles. The molecule has 0 saturated heterocycles. The first kappa shape index (κ1) is 25.0. The summed E-state index contributed by atoms with van der Waals surface area (Å²) in [6, 6.07) is 7.20. The summed E-state index contributed by atoms with van der Waals surface area (Å²) in [5, 5.41) is 0.676. The Kier molecular flexibility index (Phi) is 14.5. The zero-order valence-electron chi connectivity index (χ0n) is 15.9. The second-order valence-electron chi connectivity index (χ2n) is 5.31. The van der Waals surface area contributed by atoms with E-state index in [1.54, 1.807) is 28.7 Å². The van der Waals surface area contributed by atoms with Gasteiger partial charge >= 0.3 is 18.9 Å². The maximum atomic E-state index is 12.3. The number of hydrogen-bond acceptors (Lipinski definition) is 4. The first-order valence-corrected chi connectivity index (χ1v) is 9.73. The predicted octanol–water partition coefficient (Wildman–Crippen LogP) is 2.35. The van der Waals surface area contributed by atoms with Gasteiger partial charge in [-0.25, -0.2) is 0 Å². The quantitative estimate of drug-likeness (QED) is 0.515. The number of amides is 1. The summed E-state index contributed by atoms with van der Waals surface area (Å²) in [7, 11) is 0. The van der Waals surface area contributed by atoms with Crippen molar-refractivity contribution in [1.29, 1.82) is 0 Å². The third kappa shape index (κ3) is 9.64. The maximum Gasteiger partial charge on any atom is 1.00 e. The van der Waals surface area contributed by atoms with Crippen molar-refractivity contribution in [3.8, 4) is 5.75 Å². The van der Waals surface area contributed by atoms with Crippen molar-refractivity contribution in [3.63, 3.8) is 0 Å². The summed E-state index contributed by atoms with van der Waals surface area (Å²) in [4.78, 5) is 18.7. The maximum absolute atomic E-state index is 12.3. The molecule has 0 aliphatic rings. The Morgan fingerprint density at radius 2 is 1.88 bits per heavy atom. The van der Waals surface area contributed by atoms with Crippen LogP contribution in [0.2, 0.25) is 5.02 Å². The van der Waals surface area contributed by atoms with Gasteiger partial charge in [0.2, 0.25) is 0 Å². The number of ether oxygens (including phenoxy) is 1. The second kappa shape index (κ2) is 15.1. The molecule has 0 radical (unpaired) electrons. The Morgan fingerprint density at radius 3 is 2.38 bits per heavy atom. The molecule has 2 rings (SSSR count). The fourth-order valence-corrected chi connectivity index (χ4v) is 2.58. The smallest absolute Gasteiger partial charge is 0.492 e. The van der Waals surface area contributed by atoms with E-state index in [9.17, 15) is 4.79 Å². The zero-order chi connectivity index (χ0) is 18.5. The molecule has 1 heterocycles. The summed E-state index contributed by atoms with van der Waals surface area (Å²) in [6.45, 7) is 9.48. The molecule has 0 spiro atoms. The van der Waals surface area contributed by atoms with Crippen LogP contribution in [-0.2, 0) is 0 Å². The first-order chi connectivity index (χ1) is 12.1. The number of nitrogens with zero attached hydrogens (tertiary/aromatic N) is 2. The summed E-state index contributed by atoms with van der Waals surface area (Å²) < 4.78 is 5.64. The minimum Gasteiger partial charge on any atom is -0.492 e. The van der Waals surface area contributed by atoms with E-state index in [0.29, 0.717) is 29.6 Å². The SMILES string of the molecule is CCCN(CCOc1ccc(Cl)cc1)C(=O)c1cncs1.[CH2-]CCC.[Li+].